The molecule has 0 saturated carbocycles. The Labute approximate surface area is 278 Å². The van der Waals surface area contributed by atoms with Gasteiger partial charge in [-0.25, -0.2) is 0 Å². The van der Waals surface area contributed by atoms with Crippen molar-refractivity contribution in [3.8, 4) is 11.8 Å². The van der Waals surface area contributed by atoms with Crippen LogP contribution in [0.2, 0.25) is 0 Å². The van der Waals surface area contributed by atoms with Gasteiger partial charge in [0.05, 0.1) is 11.8 Å². The Balaban J connectivity index is 1.11. The number of benzene rings is 3. The van der Waals surface area contributed by atoms with Crippen LogP contribution >= 0.6 is 0 Å². The number of fused-ring (bicyclic) bond motifs is 3. The highest BCUT2D eigenvalue weighted by Gasteiger charge is 2.40. The molecule has 2 nitrogen and oxygen atoms in total. The van der Waals surface area contributed by atoms with Crippen LogP contribution in [-0.2, 0) is 6.42 Å². The maximum Gasteiger partial charge on any atom is 0.106 e. The van der Waals surface area contributed by atoms with Gasteiger partial charge < -0.3 is 4.90 Å². The van der Waals surface area contributed by atoms with Crippen LogP contribution in [0.1, 0.15) is 54.0 Å². The number of anilines is 1. The van der Waals surface area contributed by atoms with Gasteiger partial charge in [0, 0.05) is 34.4 Å². The van der Waals surface area contributed by atoms with Gasteiger partial charge in [-0.15, -0.1) is 0 Å². The quantitative estimate of drug-likeness (QED) is 0.264. The smallest absolute Gasteiger partial charge is 0.106 e. The van der Waals surface area contributed by atoms with Crippen molar-refractivity contribution < 1.29 is 0 Å². The minimum Gasteiger partial charge on any atom is -0.330 e. The number of hydrogen-bond acceptors (Lipinski definition) is 2. The summed E-state index contributed by atoms with van der Waals surface area (Å²) in [4.78, 5) is 8.05. The molecular weight excluding hydrogens is 569 g/mol. The fourth-order valence-electron chi connectivity index (χ4n) is 8.43. The van der Waals surface area contributed by atoms with Crippen molar-refractivity contribution in [2.75, 3.05) is 4.90 Å². The van der Waals surface area contributed by atoms with Crippen molar-refractivity contribution in [2.24, 2.45) is 22.7 Å². The van der Waals surface area contributed by atoms with E-state index in [0.717, 1.165) is 37.0 Å². The molecule has 3 aromatic rings. The van der Waals surface area contributed by atoms with Gasteiger partial charge in [0.15, 0.2) is 0 Å². The first-order valence-corrected chi connectivity index (χ1v) is 17.2. The highest BCUT2D eigenvalue weighted by molar-refractivity contribution is 6.14. The Morgan fingerprint density at radius 2 is 1.74 bits per heavy atom. The number of hydrogen-bond donors (Lipinski definition) is 0. The van der Waals surface area contributed by atoms with Gasteiger partial charge >= 0.3 is 0 Å². The fourth-order valence-corrected chi connectivity index (χ4v) is 8.43. The first-order chi connectivity index (χ1) is 23.2. The van der Waals surface area contributed by atoms with E-state index in [0.29, 0.717) is 11.8 Å². The molecule has 9 rings (SSSR count). The Hall–Kier alpha value is -5.13. The normalized spacial score (nSPS) is 26.6. The molecule has 0 bridgehead atoms. The third-order valence-electron chi connectivity index (χ3n) is 10.8. The van der Waals surface area contributed by atoms with Crippen molar-refractivity contribution >= 4 is 28.6 Å². The summed E-state index contributed by atoms with van der Waals surface area (Å²) in [7, 11) is 0. The lowest BCUT2D eigenvalue weighted by molar-refractivity contribution is 0.418. The van der Waals surface area contributed by atoms with E-state index in [1.54, 1.807) is 0 Å². The Kier molecular flexibility index (Phi) is 6.93. The van der Waals surface area contributed by atoms with Gasteiger partial charge in [0.25, 0.3) is 0 Å². The number of dihydropyridines is 1. The van der Waals surface area contributed by atoms with Crippen LogP contribution in [0.3, 0.4) is 0 Å². The van der Waals surface area contributed by atoms with Crippen molar-refractivity contribution in [3.05, 3.63) is 167 Å². The van der Waals surface area contributed by atoms with Crippen molar-refractivity contribution in [1.82, 2.24) is 0 Å². The summed E-state index contributed by atoms with van der Waals surface area (Å²) in [5.41, 5.74) is 14.2. The molecule has 3 aromatic carbocycles. The predicted molar refractivity (Wildman–Crippen MR) is 197 cm³/mol. The second-order valence-corrected chi connectivity index (χ2v) is 13.6. The molecule has 5 atom stereocenters. The average molecular weight is 607 g/mol. The van der Waals surface area contributed by atoms with Crippen molar-refractivity contribution in [1.29, 1.82) is 0 Å². The summed E-state index contributed by atoms with van der Waals surface area (Å²) in [6.45, 7) is 2.33. The minimum atomic E-state index is 0.107. The van der Waals surface area contributed by atoms with E-state index in [2.05, 4.69) is 157 Å². The van der Waals surface area contributed by atoms with Gasteiger partial charge in [0.2, 0.25) is 0 Å². The molecule has 0 fully saturated rings. The molecule has 47 heavy (non-hydrogen) atoms. The lowest BCUT2D eigenvalue weighted by Gasteiger charge is -2.32. The van der Waals surface area contributed by atoms with Crippen molar-refractivity contribution in [3.63, 3.8) is 0 Å². The number of nitrogens with zero attached hydrogens (tertiary/aromatic N) is 2. The summed E-state index contributed by atoms with van der Waals surface area (Å²) >= 11 is 0. The average Bonchev–Trinajstić information content (AvgIpc) is 3.75. The second-order valence-electron chi connectivity index (χ2n) is 13.6. The lowest BCUT2D eigenvalue weighted by Crippen LogP contribution is -2.33. The zero-order valence-corrected chi connectivity index (χ0v) is 26.8. The van der Waals surface area contributed by atoms with Crippen molar-refractivity contribution in [2.45, 2.75) is 44.7 Å². The van der Waals surface area contributed by atoms with E-state index in [-0.39, 0.29) is 18.0 Å². The summed E-state index contributed by atoms with van der Waals surface area (Å²) < 4.78 is 0. The maximum absolute atomic E-state index is 5.50. The van der Waals surface area contributed by atoms with Gasteiger partial charge in [-0.05, 0) is 83.2 Å². The Morgan fingerprint density at radius 3 is 2.66 bits per heavy atom. The summed E-state index contributed by atoms with van der Waals surface area (Å²) in [5.74, 6) is 8.37. The second kappa shape index (κ2) is 11.6. The molecule has 6 aliphatic rings. The minimum absolute atomic E-state index is 0.107. The Bertz CT molecular complexity index is 2080. The van der Waals surface area contributed by atoms with Crippen LogP contribution in [-0.4, -0.2) is 17.8 Å². The third-order valence-corrected chi connectivity index (χ3v) is 10.8. The molecule has 2 heteroatoms. The molecule has 5 unspecified atom stereocenters. The number of rotatable bonds is 5. The molecule has 0 radical (unpaired) electrons. The first-order valence-electron chi connectivity index (χ1n) is 17.2. The van der Waals surface area contributed by atoms with E-state index in [1.807, 2.05) is 0 Å². The topological polar surface area (TPSA) is 15.6 Å². The highest BCUT2D eigenvalue weighted by atomic mass is 15.2. The molecule has 2 aliphatic heterocycles. The molecule has 0 spiro atoms. The van der Waals surface area contributed by atoms with Crippen LogP contribution < -0.4 is 4.90 Å². The van der Waals surface area contributed by atoms with E-state index >= 15 is 0 Å². The molecule has 0 amide bonds. The van der Waals surface area contributed by atoms with Crippen LogP contribution in [0, 0.1) is 29.6 Å². The molecule has 228 valence electrons. The Morgan fingerprint density at radius 1 is 0.872 bits per heavy atom. The standard InChI is InChI=1S/C45H38N2/c1-30-12-5-6-19-37(30)42-28-35(29-43(46-42)39-22-11-16-32-15-10-21-38(32)39)33-17-9-18-36(26-33)47-44-23-8-7-20-40(44)41-27-34(24-25-45(41)47)31-13-3-2-4-14-31/h2-7,9-20,22,26-27,29-30,37,41-42,45H,8,21,23,28H2,1H3. The summed E-state index contributed by atoms with van der Waals surface area (Å²) in [5, 5.41) is 0. The monoisotopic (exact) mass is 606 g/mol. The SMILES string of the molecule is CC1C=CC=CC1C1CC(c2cccc(N3C4=C(C=CCC4)C4C=C(c5ccccc5)C#CC43)c2)=CC(c2cccc3c2CC=C3)=N1. The molecule has 2 heterocycles. The molecular formula is C45H38N2. The van der Waals surface area contributed by atoms with Gasteiger partial charge in [-0.3, -0.25) is 4.99 Å². The maximum atomic E-state index is 5.50. The van der Waals surface area contributed by atoms with Gasteiger partial charge in [-0.1, -0.05) is 134 Å². The first kappa shape index (κ1) is 28.1. The fraction of sp³-hybridized carbons (Fsp3) is 0.222. The van der Waals surface area contributed by atoms with Crippen LogP contribution in [0.25, 0.3) is 17.2 Å². The van der Waals surface area contributed by atoms with E-state index in [4.69, 9.17) is 4.99 Å². The number of allylic oxidation sites excluding steroid dienone is 9. The molecule has 4 aliphatic carbocycles. The highest BCUT2D eigenvalue weighted by Crippen LogP contribution is 2.46. The summed E-state index contributed by atoms with van der Waals surface area (Å²) in [6.07, 6.45) is 27.2. The molecule has 0 saturated heterocycles. The lowest BCUT2D eigenvalue weighted by atomic mass is 9.79. The third kappa shape index (κ3) is 4.93. The van der Waals surface area contributed by atoms with Crippen LogP contribution in [0.4, 0.5) is 5.69 Å². The number of aliphatic imine (C=N–C) groups is 1. The van der Waals surface area contributed by atoms with E-state index in [9.17, 15) is 0 Å². The largest absolute Gasteiger partial charge is 0.330 e. The molecule has 0 aromatic heterocycles. The predicted octanol–water partition coefficient (Wildman–Crippen LogP) is 9.79. The van der Waals surface area contributed by atoms with Gasteiger partial charge in [-0.2, -0.15) is 0 Å². The van der Waals surface area contributed by atoms with Crippen LogP contribution in [0.15, 0.2) is 144 Å². The zero-order valence-electron chi connectivity index (χ0n) is 26.8. The van der Waals surface area contributed by atoms with E-state index in [1.165, 1.54) is 50.3 Å². The van der Waals surface area contributed by atoms with E-state index < -0.39 is 0 Å². The van der Waals surface area contributed by atoms with Crippen LogP contribution in [0.5, 0.6) is 0 Å². The zero-order chi connectivity index (χ0) is 31.3. The van der Waals surface area contributed by atoms with Gasteiger partial charge in [0.1, 0.15) is 6.04 Å². The summed E-state index contributed by atoms with van der Waals surface area (Å²) in [6, 6.07) is 26.9. The molecule has 0 N–H and O–H groups in total.